The van der Waals surface area contributed by atoms with Crippen molar-refractivity contribution in [2.24, 2.45) is 5.84 Å². The molecule has 0 radical (unpaired) electrons. The summed E-state index contributed by atoms with van der Waals surface area (Å²) >= 11 is 0. The van der Waals surface area contributed by atoms with Crippen molar-refractivity contribution in [3.63, 3.8) is 0 Å². The summed E-state index contributed by atoms with van der Waals surface area (Å²) in [5.41, 5.74) is 2.99. The van der Waals surface area contributed by atoms with E-state index in [4.69, 9.17) is 5.84 Å². The van der Waals surface area contributed by atoms with Crippen LogP contribution in [0.15, 0.2) is 24.3 Å². The van der Waals surface area contributed by atoms with Crippen LogP contribution in [0.4, 0.5) is 0 Å². The van der Waals surface area contributed by atoms with Crippen LogP contribution < -0.4 is 11.3 Å². The second kappa shape index (κ2) is 8.69. The molecule has 0 heterocycles. The van der Waals surface area contributed by atoms with E-state index in [9.17, 15) is 0 Å². The van der Waals surface area contributed by atoms with Gasteiger partial charge >= 0.3 is 0 Å². The van der Waals surface area contributed by atoms with Gasteiger partial charge in [-0.05, 0) is 26.7 Å². The predicted octanol–water partition coefficient (Wildman–Crippen LogP) is 3.31. The van der Waals surface area contributed by atoms with Crippen molar-refractivity contribution >= 4 is 0 Å². The summed E-state index contributed by atoms with van der Waals surface area (Å²) in [6.07, 6.45) is 14.2. The third-order valence-electron chi connectivity index (χ3n) is 2.69. The molecule has 2 heteroatoms. The first-order chi connectivity index (χ1) is 7.18. The van der Waals surface area contributed by atoms with E-state index in [2.05, 4.69) is 31.4 Å². The SMILES string of the molecule is C/C=C\C=C\CC(C)(CCCCC)NN. The van der Waals surface area contributed by atoms with Gasteiger partial charge < -0.3 is 0 Å². The lowest BCUT2D eigenvalue weighted by Crippen LogP contribution is -2.46. The minimum Gasteiger partial charge on any atom is -0.271 e. The summed E-state index contributed by atoms with van der Waals surface area (Å²) < 4.78 is 0. The fraction of sp³-hybridized carbons (Fsp3) is 0.692. The molecule has 0 fully saturated rings. The van der Waals surface area contributed by atoms with Crippen LogP contribution in [0.2, 0.25) is 0 Å². The molecule has 0 spiro atoms. The number of hydrogen-bond donors (Lipinski definition) is 2. The number of nitrogens with two attached hydrogens (primary N) is 1. The van der Waals surface area contributed by atoms with Gasteiger partial charge in [-0.3, -0.25) is 11.3 Å². The molecule has 0 aliphatic heterocycles. The fourth-order valence-electron chi connectivity index (χ4n) is 1.52. The Balaban J connectivity index is 3.94. The molecule has 0 rings (SSSR count). The van der Waals surface area contributed by atoms with E-state index >= 15 is 0 Å². The molecule has 0 aromatic rings. The quantitative estimate of drug-likeness (QED) is 0.279. The molecule has 0 amide bonds. The topological polar surface area (TPSA) is 38.0 Å². The normalized spacial score (nSPS) is 16.3. The smallest absolute Gasteiger partial charge is 0.0327 e. The third kappa shape index (κ3) is 7.34. The van der Waals surface area contributed by atoms with Gasteiger partial charge in [-0.25, -0.2) is 0 Å². The third-order valence-corrected chi connectivity index (χ3v) is 2.69. The second-order valence-corrected chi connectivity index (χ2v) is 4.32. The van der Waals surface area contributed by atoms with Gasteiger partial charge in [-0.15, -0.1) is 0 Å². The van der Waals surface area contributed by atoms with E-state index < -0.39 is 0 Å². The lowest BCUT2D eigenvalue weighted by atomic mass is 9.91. The number of hydrazine groups is 1. The van der Waals surface area contributed by atoms with Crippen LogP contribution in [0.1, 0.15) is 52.9 Å². The highest BCUT2D eigenvalue weighted by molar-refractivity contribution is 5.03. The van der Waals surface area contributed by atoms with Crippen LogP contribution >= 0.6 is 0 Å². The molecule has 88 valence electrons. The molecular weight excluding hydrogens is 184 g/mol. The van der Waals surface area contributed by atoms with Gasteiger partial charge in [0.25, 0.3) is 0 Å². The molecule has 0 saturated heterocycles. The van der Waals surface area contributed by atoms with E-state index in [1.165, 1.54) is 19.3 Å². The highest BCUT2D eigenvalue weighted by atomic mass is 15.3. The van der Waals surface area contributed by atoms with Gasteiger partial charge in [0.1, 0.15) is 0 Å². The van der Waals surface area contributed by atoms with Gasteiger partial charge in [0.15, 0.2) is 0 Å². The molecule has 3 N–H and O–H groups in total. The molecule has 0 bridgehead atoms. The Labute approximate surface area is 94.6 Å². The Hall–Kier alpha value is -0.600. The standard InChI is InChI=1S/C13H26N2/c1-4-6-8-10-12-13(3,15-14)11-9-7-5-2/h4,6,8,10,15H,5,7,9,11-12,14H2,1-3H3/b6-4-,10-8+. The Morgan fingerprint density at radius 3 is 2.53 bits per heavy atom. The molecule has 2 nitrogen and oxygen atoms in total. The number of hydrogen-bond acceptors (Lipinski definition) is 2. The van der Waals surface area contributed by atoms with E-state index in [0.717, 1.165) is 12.8 Å². The van der Waals surface area contributed by atoms with Crippen molar-refractivity contribution < 1.29 is 0 Å². The van der Waals surface area contributed by atoms with Crippen molar-refractivity contribution in [3.8, 4) is 0 Å². The van der Waals surface area contributed by atoms with Gasteiger partial charge in [0, 0.05) is 5.54 Å². The average molecular weight is 210 g/mol. The highest BCUT2D eigenvalue weighted by Crippen LogP contribution is 2.18. The van der Waals surface area contributed by atoms with Crippen LogP contribution in [-0.2, 0) is 0 Å². The van der Waals surface area contributed by atoms with Crippen LogP contribution in [0, 0.1) is 0 Å². The number of allylic oxidation sites excluding steroid dienone is 3. The molecule has 15 heavy (non-hydrogen) atoms. The van der Waals surface area contributed by atoms with Gasteiger partial charge in [-0.2, -0.15) is 0 Å². The second-order valence-electron chi connectivity index (χ2n) is 4.32. The molecule has 0 saturated carbocycles. The first kappa shape index (κ1) is 14.4. The Morgan fingerprint density at radius 1 is 1.27 bits per heavy atom. The first-order valence-electron chi connectivity index (χ1n) is 5.94. The van der Waals surface area contributed by atoms with Gasteiger partial charge in [0.05, 0.1) is 0 Å². The summed E-state index contributed by atoms with van der Waals surface area (Å²) in [5, 5.41) is 0. The largest absolute Gasteiger partial charge is 0.271 e. The molecule has 1 atom stereocenters. The summed E-state index contributed by atoms with van der Waals surface area (Å²) in [5.74, 6) is 5.60. The maximum absolute atomic E-state index is 5.60. The van der Waals surface area contributed by atoms with Crippen molar-refractivity contribution in [2.45, 2.75) is 58.4 Å². The van der Waals surface area contributed by atoms with Crippen LogP contribution in [0.5, 0.6) is 0 Å². The number of unbranched alkanes of at least 4 members (excludes halogenated alkanes) is 2. The first-order valence-corrected chi connectivity index (χ1v) is 5.94. The Bertz CT molecular complexity index is 197. The zero-order valence-corrected chi connectivity index (χ0v) is 10.4. The molecule has 1 unspecified atom stereocenters. The van der Waals surface area contributed by atoms with Gasteiger partial charge in [-0.1, -0.05) is 50.5 Å². The number of nitrogens with one attached hydrogen (secondary N) is 1. The molecule has 0 aliphatic carbocycles. The lowest BCUT2D eigenvalue weighted by Gasteiger charge is -2.27. The van der Waals surface area contributed by atoms with E-state index in [1.807, 2.05) is 19.1 Å². The summed E-state index contributed by atoms with van der Waals surface area (Å²) in [7, 11) is 0. The van der Waals surface area contributed by atoms with Crippen LogP contribution in [0.25, 0.3) is 0 Å². The van der Waals surface area contributed by atoms with Crippen molar-refractivity contribution in [1.82, 2.24) is 5.43 Å². The minimum atomic E-state index is 0.0489. The van der Waals surface area contributed by atoms with E-state index in [-0.39, 0.29) is 5.54 Å². The monoisotopic (exact) mass is 210 g/mol. The zero-order valence-electron chi connectivity index (χ0n) is 10.4. The Morgan fingerprint density at radius 2 is 2.00 bits per heavy atom. The van der Waals surface area contributed by atoms with E-state index in [0.29, 0.717) is 0 Å². The van der Waals surface area contributed by atoms with Crippen molar-refractivity contribution in [2.75, 3.05) is 0 Å². The Kier molecular flexibility index (Phi) is 8.34. The maximum Gasteiger partial charge on any atom is 0.0327 e. The maximum atomic E-state index is 5.60. The lowest BCUT2D eigenvalue weighted by molar-refractivity contribution is 0.327. The molecule has 0 aromatic carbocycles. The highest BCUT2D eigenvalue weighted by Gasteiger charge is 2.19. The average Bonchev–Trinajstić information content (AvgIpc) is 2.25. The van der Waals surface area contributed by atoms with Crippen molar-refractivity contribution in [1.29, 1.82) is 0 Å². The number of rotatable bonds is 8. The molecular formula is C13H26N2. The summed E-state index contributed by atoms with van der Waals surface area (Å²) in [4.78, 5) is 0. The summed E-state index contributed by atoms with van der Waals surface area (Å²) in [6.45, 7) is 6.42. The van der Waals surface area contributed by atoms with Crippen LogP contribution in [-0.4, -0.2) is 5.54 Å². The van der Waals surface area contributed by atoms with Crippen molar-refractivity contribution in [3.05, 3.63) is 24.3 Å². The molecule has 0 aliphatic rings. The van der Waals surface area contributed by atoms with Gasteiger partial charge in [0.2, 0.25) is 0 Å². The fourth-order valence-corrected chi connectivity index (χ4v) is 1.52. The predicted molar refractivity (Wildman–Crippen MR) is 68.4 cm³/mol. The minimum absolute atomic E-state index is 0.0489. The van der Waals surface area contributed by atoms with Crippen LogP contribution in [0.3, 0.4) is 0 Å². The summed E-state index contributed by atoms with van der Waals surface area (Å²) in [6, 6.07) is 0. The van der Waals surface area contributed by atoms with E-state index in [1.54, 1.807) is 0 Å². The zero-order chi connectivity index (χ0) is 11.6. The molecule has 0 aromatic heterocycles.